The predicted molar refractivity (Wildman–Crippen MR) is 126 cm³/mol. The summed E-state index contributed by atoms with van der Waals surface area (Å²) in [5, 5.41) is 5.60. The topological polar surface area (TPSA) is 106 Å². The number of hydrogen-bond donors (Lipinski definition) is 2. The van der Waals surface area contributed by atoms with Crippen LogP contribution < -0.4 is 15.5 Å². The Hall–Kier alpha value is -3.72. The zero-order chi connectivity index (χ0) is 23.2. The van der Waals surface area contributed by atoms with Gasteiger partial charge < -0.3 is 19.5 Å². The van der Waals surface area contributed by atoms with Gasteiger partial charge in [0.1, 0.15) is 6.54 Å². The summed E-state index contributed by atoms with van der Waals surface area (Å²) in [6.45, 7) is 3.82. The Morgan fingerprint density at radius 3 is 2.76 bits per heavy atom. The van der Waals surface area contributed by atoms with Crippen molar-refractivity contribution >= 4 is 46.1 Å². The number of fused-ring (bicyclic) bond motifs is 2. The van der Waals surface area contributed by atoms with Crippen molar-refractivity contribution in [3.63, 3.8) is 0 Å². The van der Waals surface area contributed by atoms with Gasteiger partial charge in [0.2, 0.25) is 23.7 Å². The highest BCUT2D eigenvalue weighted by Crippen LogP contribution is 2.29. The number of hydrogen-bond acceptors (Lipinski definition) is 5. The number of ether oxygens (including phenoxy) is 1. The number of anilines is 3. The number of aryl methyl sites for hydroxylation is 1. The molecule has 1 aromatic heterocycles. The Morgan fingerprint density at radius 1 is 1.12 bits per heavy atom. The zero-order valence-corrected chi connectivity index (χ0v) is 18.5. The van der Waals surface area contributed by atoms with Crippen LogP contribution in [0, 0.1) is 0 Å². The average Bonchev–Trinajstić information content (AvgIpc) is 3.16. The van der Waals surface area contributed by atoms with E-state index in [2.05, 4.69) is 15.6 Å². The van der Waals surface area contributed by atoms with Gasteiger partial charge in [-0.1, -0.05) is 24.3 Å². The van der Waals surface area contributed by atoms with Crippen molar-refractivity contribution in [2.45, 2.75) is 32.7 Å². The summed E-state index contributed by atoms with van der Waals surface area (Å²) in [4.78, 5) is 43.4. The molecule has 1 aliphatic rings. The molecule has 3 amide bonds. The Kier molecular flexibility index (Phi) is 6.99. The lowest BCUT2D eigenvalue weighted by atomic mass is 10.1. The average molecular weight is 450 g/mol. The number of imidazole rings is 1. The molecule has 33 heavy (non-hydrogen) atoms. The molecular formula is C24H27N5O4. The minimum atomic E-state index is -0.306. The first kappa shape index (κ1) is 22.5. The maximum Gasteiger partial charge on any atom is 0.244 e. The highest BCUT2D eigenvalue weighted by atomic mass is 16.5. The van der Waals surface area contributed by atoms with Gasteiger partial charge in [-0.15, -0.1) is 0 Å². The second-order valence-corrected chi connectivity index (χ2v) is 7.72. The number of benzene rings is 2. The van der Waals surface area contributed by atoms with Gasteiger partial charge >= 0.3 is 0 Å². The number of amides is 3. The van der Waals surface area contributed by atoms with Crippen molar-refractivity contribution in [3.8, 4) is 0 Å². The van der Waals surface area contributed by atoms with E-state index >= 15 is 0 Å². The molecule has 2 heterocycles. The number of carbonyl (C=O) groups is 3. The highest BCUT2D eigenvalue weighted by molar-refractivity contribution is 6.10. The van der Waals surface area contributed by atoms with Gasteiger partial charge in [-0.3, -0.25) is 19.7 Å². The third-order valence-corrected chi connectivity index (χ3v) is 5.42. The lowest BCUT2D eigenvalue weighted by Gasteiger charge is -2.29. The number of aromatic nitrogens is 2. The molecule has 0 atom stereocenters. The number of carbonyl (C=O) groups excluding carboxylic acids is 3. The molecule has 2 N–H and O–H groups in total. The quantitative estimate of drug-likeness (QED) is 0.488. The minimum absolute atomic E-state index is 0.0126. The maximum absolute atomic E-state index is 12.8. The van der Waals surface area contributed by atoms with Gasteiger partial charge in [0, 0.05) is 32.6 Å². The summed E-state index contributed by atoms with van der Waals surface area (Å²) < 4.78 is 7.39. The van der Waals surface area contributed by atoms with E-state index in [1.54, 1.807) is 24.3 Å². The van der Waals surface area contributed by atoms with E-state index in [4.69, 9.17) is 4.74 Å². The van der Waals surface area contributed by atoms with E-state index in [1.165, 1.54) is 4.90 Å². The molecule has 0 saturated carbocycles. The Bertz CT molecular complexity index is 1170. The molecule has 1 aliphatic heterocycles. The predicted octanol–water partition coefficient (Wildman–Crippen LogP) is 3.17. The second kappa shape index (κ2) is 10.3. The van der Waals surface area contributed by atoms with Gasteiger partial charge in [0.25, 0.3) is 0 Å². The van der Waals surface area contributed by atoms with Crippen LogP contribution in [0.1, 0.15) is 26.2 Å². The molecule has 0 spiro atoms. The molecule has 0 radical (unpaired) electrons. The molecule has 0 bridgehead atoms. The molecule has 4 rings (SSSR count). The largest absolute Gasteiger partial charge is 0.382 e. The van der Waals surface area contributed by atoms with Gasteiger partial charge in [-0.05, 0) is 37.6 Å². The molecule has 9 nitrogen and oxygen atoms in total. The molecule has 0 unspecified atom stereocenters. The highest BCUT2D eigenvalue weighted by Gasteiger charge is 2.26. The summed E-state index contributed by atoms with van der Waals surface area (Å²) in [5.41, 5.74) is 2.94. The summed E-state index contributed by atoms with van der Waals surface area (Å²) in [5.74, 6) is -0.391. The van der Waals surface area contributed by atoms with Crippen LogP contribution in [0.4, 0.5) is 17.3 Å². The first-order valence-corrected chi connectivity index (χ1v) is 11.1. The maximum atomic E-state index is 12.8. The van der Waals surface area contributed by atoms with Crippen LogP contribution in [0.5, 0.6) is 0 Å². The molecule has 172 valence electrons. The van der Waals surface area contributed by atoms with Crippen molar-refractivity contribution in [1.29, 1.82) is 0 Å². The summed E-state index contributed by atoms with van der Waals surface area (Å²) >= 11 is 0. The van der Waals surface area contributed by atoms with E-state index < -0.39 is 0 Å². The van der Waals surface area contributed by atoms with E-state index in [-0.39, 0.29) is 37.1 Å². The molecule has 9 heteroatoms. The summed E-state index contributed by atoms with van der Waals surface area (Å²) in [6.07, 6.45) is 0.755. The van der Waals surface area contributed by atoms with E-state index in [9.17, 15) is 14.4 Å². The van der Waals surface area contributed by atoms with E-state index in [0.717, 1.165) is 17.5 Å². The summed E-state index contributed by atoms with van der Waals surface area (Å²) in [7, 11) is 0. The second-order valence-electron chi connectivity index (χ2n) is 7.72. The van der Waals surface area contributed by atoms with Gasteiger partial charge in [-0.2, -0.15) is 0 Å². The monoisotopic (exact) mass is 449 g/mol. The SMILES string of the molecule is CCOCCCn1c(NC(=O)CCC(=O)N2CC(=O)Nc3ccccc32)nc2ccccc21. The van der Waals surface area contributed by atoms with E-state index in [0.29, 0.717) is 37.1 Å². The first-order chi connectivity index (χ1) is 16.1. The third-order valence-electron chi connectivity index (χ3n) is 5.42. The van der Waals surface area contributed by atoms with Gasteiger partial charge in [-0.25, -0.2) is 4.98 Å². The fourth-order valence-corrected chi connectivity index (χ4v) is 3.86. The van der Waals surface area contributed by atoms with Crippen molar-refractivity contribution in [3.05, 3.63) is 48.5 Å². The standard InChI is InChI=1S/C24H27N5O4/c1-2-33-15-7-14-28-19-10-5-4-9-18(19)26-24(28)27-21(30)12-13-23(32)29-16-22(31)25-17-8-3-6-11-20(17)29/h3-6,8-11H,2,7,12-16H2,1H3,(H,25,31)(H,26,27,30). The number of nitrogens with one attached hydrogen (secondary N) is 2. The molecule has 0 aliphatic carbocycles. The minimum Gasteiger partial charge on any atom is -0.382 e. The fourth-order valence-electron chi connectivity index (χ4n) is 3.86. The van der Waals surface area contributed by atoms with Crippen LogP contribution in [-0.2, 0) is 25.7 Å². The fraction of sp³-hybridized carbons (Fsp3) is 0.333. The van der Waals surface area contributed by atoms with Crippen LogP contribution in [0.15, 0.2) is 48.5 Å². The van der Waals surface area contributed by atoms with Crippen LogP contribution in [0.2, 0.25) is 0 Å². The first-order valence-electron chi connectivity index (χ1n) is 11.1. The van der Waals surface area contributed by atoms with Crippen molar-refractivity contribution in [1.82, 2.24) is 9.55 Å². The van der Waals surface area contributed by atoms with Gasteiger partial charge in [0.05, 0.1) is 22.4 Å². The lowest BCUT2D eigenvalue weighted by Crippen LogP contribution is -2.42. The molecular weight excluding hydrogens is 422 g/mol. The third kappa shape index (κ3) is 5.20. The number of nitrogens with zero attached hydrogens (tertiary/aromatic N) is 3. The number of para-hydroxylation sites is 4. The van der Waals surface area contributed by atoms with Crippen LogP contribution >= 0.6 is 0 Å². The van der Waals surface area contributed by atoms with Crippen molar-refractivity contribution < 1.29 is 19.1 Å². The van der Waals surface area contributed by atoms with Crippen LogP contribution in [0.3, 0.4) is 0 Å². The lowest BCUT2D eigenvalue weighted by molar-refractivity contribution is -0.124. The summed E-state index contributed by atoms with van der Waals surface area (Å²) in [6, 6.07) is 14.8. The van der Waals surface area contributed by atoms with Crippen molar-refractivity contribution in [2.75, 3.05) is 35.3 Å². The molecule has 3 aromatic rings. The Balaban J connectivity index is 1.41. The number of rotatable bonds is 9. The Morgan fingerprint density at radius 2 is 1.91 bits per heavy atom. The van der Waals surface area contributed by atoms with Crippen LogP contribution in [-0.4, -0.2) is 47.0 Å². The van der Waals surface area contributed by atoms with Gasteiger partial charge in [0.15, 0.2) is 0 Å². The smallest absolute Gasteiger partial charge is 0.244 e. The molecule has 0 saturated heterocycles. The molecule has 0 fully saturated rings. The van der Waals surface area contributed by atoms with E-state index in [1.807, 2.05) is 35.8 Å². The molecule has 2 aromatic carbocycles. The zero-order valence-electron chi connectivity index (χ0n) is 18.5. The van der Waals surface area contributed by atoms with Crippen LogP contribution in [0.25, 0.3) is 11.0 Å². The Labute approximate surface area is 191 Å². The normalized spacial score (nSPS) is 13.0. The van der Waals surface area contributed by atoms with Crippen molar-refractivity contribution in [2.24, 2.45) is 0 Å².